The lowest BCUT2D eigenvalue weighted by atomic mass is 9.90. The van der Waals surface area contributed by atoms with Crippen molar-refractivity contribution in [2.24, 2.45) is 0 Å². The lowest BCUT2D eigenvalue weighted by Crippen LogP contribution is -2.37. The molecule has 2 radical (unpaired) electrons. The van der Waals surface area contributed by atoms with Crippen molar-refractivity contribution in [3.63, 3.8) is 0 Å². The average Bonchev–Trinajstić information content (AvgIpc) is 2.36. The van der Waals surface area contributed by atoms with Crippen LogP contribution in [0, 0.1) is 0 Å². The molecule has 1 N–H and O–H groups in total. The van der Waals surface area contributed by atoms with E-state index in [-0.39, 0.29) is 6.61 Å². The van der Waals surface area contributed by atoms with E-state index in [9.17, 15) is 0 Å². The van der Waals surface area contributed by atoms with Crippen molar-refractivity contribution in [3.8, 4) is 0 Å². The van der Waals surface area contributed by atoms with Gasteiger partial charge in [0.15, 0.2) is 0 Å². The van der Waals surface area contributed by atoms with E-state index in [1.807, 2.05) is 13.1 Å². The molecule has 0 unspecified atom stereocenters. The van der Waals surface area contributed by atoms with Gasteiger partial charge in [0.1, 0.15) is 7.85 Å². The summed E-state index contributed by atoms with van der Waals surface area (Å²) in [7, 11) is 7.88. The van der Waals surface area contributed by atoms with Gasteiger partial charge in [0.05, 0.1) is 6.61 Å². The second kappa shape index (κ2) is 6.25. The van der Waals surface area contributed by atoms with E-state index in [4.69, 9.17) is 13.0 Å². The van der Waals surface area contributed by atoms with Crippen LogP contribution in [0.25, 0.3) is 0 Å². The van der Waals surface area contributed by atoms with Gasteiger partial charge >= 0.3 is 0 Å². The van der Waals surface area contributed by atoms with Gasteiger partial charge in [0.2, 0.25) is 0 Å². The molecule has 1 aliphatic rings. The van der Waals surface area contributed by atoms with Crippen molar-refractivity contribution in [1.82, 2.24) is 4.90 Å². The SMILES string of the molecule is [B]c1ccc2c(c1)CCCN2CCN(C)CCO. The van der Waals surface area contributed by atoms with E-state index in [0.717, 1.165) is 38.1 Å². The third-order valence-electron chi connectivity index (χ3n) is 3.55. The van der Waals surface area contributed by atoms with Crippen LogP contribution in [0.15, 0.2) is 18.2 Å². The predicted molar refractivity (Wildman–Crippen MR) is 76.9 cm³/mol. The largest absolute Gasteiger partial charge is 0.395 e. The number of benzene rings is 1. The van der Waals surface area contributed by atoms with Crippen molar-refractivity contribution in [2.45, 2.75) is 12.8 Å². The fourth-order valence-electron chi connectivity index (χ4n) is 2.50. The van der Waals surface area contributed by atoms with Gasteiger partial charge in [-0.1, -0.05) is 17.6 Å². The Hall–Kier alpha value is -0.995. The van der Waals surface area contributed by atoms with Crippen LogP contribution < -0.4 is 10.4 Å². The standard InChI is InChI=1S/C14H21BN2O/c1-16(9-10-18)7-8-17-6-2-3-12-11-13(15)4-5-14(12)17/h4-5,11,18H,2-3,6-10H2,1H3. The third-order valence-corrected chi connectivity index (χ3v) is 3.55. The summed E-state index contributed by atoms with van der Waals surface area (Å²) in [4.78, 5) is 4.58. The highest BCUT2D eigenvalue weighted by Gasteiger charge is 2.16. The molecular formula is C14H21BN2O. The molecule has 18 heavy (non-hydrogen) atoms. The van der Waals surface area contributed by atoms with E-state index in [1.165, 1.54) is 17.7 Å². The van der Waals surface area contributed by atoms with E-state index in [0.29, 0.717) is 0 Å². The molecule has 2 rings (SSSR count). The van der Waals surface area contributed by atoms with Crippen LogP contribution in [0.5, 0.6) is 0 Å². The molecule has 0 aromatic heterocycles. The van der Waals surface area contributed by atoms with Gasteiger partial charge in [-0.15, -0.1) is 0 Å². The minimum atomic E-state index is 0.226. The molecule has 1 aliphatic heterocycles. The molecule has 4 heteroatoms. The van der Waals surface area contributed by atoms with E-state index < -0.39 is 0 Å². The molecule has 0 atom stereocenters. The summed E-state index contributed by atoms with van der Waals surface area (Å²) in [6.07, 6.45) is 2.32. The Morgan fingerprint density at radius 1 is 1.39 bits per heavy atom. The maximum Gasteiger partial charge on any atom is 0.113 e. The minimum Gasteiger partial charge on any atom is -0.395 e. The summed E-state index contributed by atoms with van der Waals surface area (Å²) >= 11 is 0. The highest BCUT2D eigenvalue weighted by atomic mass is 16.3. The van der Waals surface area contributed by atoms with Crippen molar-refractivity contribution in [1.29, 1.82) is 0 Å². The molecule has 0 amide bonds. The van der Waals surface area contributed by atoms with Gasteiger partial charge < -0.3 is 14.9 Å². The zero-order valence-corrected chi connectivity index (χ0v) is 11.1. The van der Waals surface area contributed by atoms with Crippen LogP contribution in [-0.2, 0) is 6.42 Å². The minimum absolute atomic E-state index is 0.226. The first-order valence-corrected chi connectivity index (χ1v) is 6.63. The molecule has 0 saturated carbocycles. The third kappa shape index (κ3) is 3.27. The molecule has 0 spiro atoms. The first-order valence-electron chi connectivity index (χ1n) is 6.63. The number of nitrogens with zero attached hydrogens (tertiary/aromatic N) is 2. The molecule has 1 aromatic carbocycles. The second-order valence-corrected chi connectivity index (χ2v) is 5.01. The monoisotopic (exact) mass is 244 g/mol. The number of aliphatic hydroxyl groups is 1. The number of aryl methyl sites for hydroxylation is 1. The molecule has 0 saturated heterocycles. The van der Waals surface area contributed by atoms with Crippen molar-refractivity contribution in [2.75, 3.05) is 44.7 Å². The number of anilines is 1. The van der Waals surface area contributed by atoms with Gasteiger partial charge in [0.25, 0.3) is 0 Å². The summed E-state index contributed by atoms with van der Waals surface area (Å²) in [5, 5.41) is 8.89. The number of hydrogen-bond acceptors (Lipinski definition) is 3. The Kier molecular flexibility index (Phi) is 4.67. The number of rotatable bonds is 5. The van der Waals surface area contributed by atoms with Crippen LogP contribution in [0.1, 0.15) is 12.0 Å². The van der Waals surface area contributed by atoms with E-state index in [2.05, 4.69) is 21.9 Å². The number of fused-ring (bicyclic) bond motifs is 1. The Morgan fingerprint density at radius 2 is 2.22 bits per heavy atom. The van der Waals surface area contributed by atoms with Crippen LogP contribution >= 0.6 is 0 Å². The predicted octanol–water partition coefficient (Wildman–Crippen LogP) is 0.157. The smallest absolute Gasteiger partial charge is 0.113 e. The first kappa shape index (κ1) is 13.4. The summed E-state index contributed by atoms with van der Waals surface area (Å²) in [5.41, 5.74) is 3.55. The van der Waals surface area contributed by atoms with Gasteiger partial charge in [-0.25, -0.2) is 0 Å². The maximum absolute atomic E-state index is 8.89. The Bertz CT molecular complexity index is 397. The number of likely N-dealkylation sites (N-methyl/N-ethyl adjacent to an activating group) is 1. The molecule has 3 nitrogen and oxygen atoms in total. The Balaban J connectivity index is 1.99. The van der Waals surface area contributed by atoms with Crippen molar-refractivity contribution >= 4 is 19.0 Å². The fraction of sp³-hybridized carbons (Fsp3) is 0.571. The van der Waals surface area contributed by atoms with Crippen LogP contribution in [0.3, 0.4) is 0 Å². The zero-order valence-electron chi connectivity index (χ0n) is 11.1. The van der Waals surface area contributed by atoms with Gasteiger partial charge in [-0.05, 0) is 31.5 Å². The van der Waals surface area contributed by atoms with Gasteiger partial charge in [0, 0.05) is 31.9 Å². The van der Waals surface area contributed by atoms with Crippen LogP contribution in [0.4, 0.5) is 5.69 Å². The maximum atomic E-state index is 8.89. The summed E-state index contributed by atoms with van der Waals surface area (Å²) in [6.45, 7) is 4.06. The fourth-order valence-corrected chi connectivity index (χ4v) is 2.50. The van der Waals surface area contributed by atoms with Gasteiger partial charge in [-0.3, -0.25) is 0 Å². The Labute approximate surface area is 111 Å². The van der Waals surface area contributed by atoms with E-state index in [1.54, 1.807) is 0 Å². The highest BCUT2D eigenvalue weighted by Crippen LogP contribution is 2.25. The summed E-state index contributed by atoms with van der Waals surface area (Å²) < 4.78 is 0. The van der Waals surface area contributed by atoms with Crippen LogP contribution in [0.2, 0.25) is 0 Å². The topological polar surface area (TPSA) is 26.7 Å². The molecule has 1 heterocycles. The molecule has 0 bridgehead atoms. The molecular weight excluding hydrogens is 223 g/mol. The zero-order chi connectivity index (χ0) is 13.0. The lowest BCUT2D eigenvalue weighted by molar-refractivity contribution is 0.223. The Morgan fingerprint density at radius 3 is 3.00 bits per heavy atom. The van der Waals surface area contributed by atoms with Crippen molar-refractivity contribution in [3.05, 3.63) is 23.8 Å². The molecule has 0 aliphatic carbocycles. The lowest BCUT2D eigenvalue weighted by Gasteiger charge is -2.33. The first-order chi connectivity index (χ1) is 8.70. The molecule has 96 valence electrons. The second-order valence-electron chi connectivity index (χ2n) is 5.01. The normalized spacial score (nSPS) is 14.9. The van der Waals surface area contributed by atoms with Crippen LogP contribution in [-0.4, -0.2) is 57.7 Å². The van der Waals surface area contributed by atoms with E-state index >= 15 is 0 Å². The summed E-state index contributed by atoms with van der Waals surface area (Å²) in [5.74, 6) is 0. The average molecular weight is 244 g/mol. The number of hydrogen-bond donors (Lipinski definition) is 1. The molecule has 1 aromatic rings. The quantitative estimate of drug-likeness (QED) is 0.747. The van der Waals surface area contributed by atoms with Gasteiger partial charge in [-0.2, -0.15) is 0 Å². The molecule has 0 fully saturated rings. The van der Waals surface area contributed by atoms with Crippen molar-refractivity contribution < 1.29 is 5.11 Å². The highest BCUT2D eigenvalue weighted by molar-refractivity contribution is 6.32. The summed E-state index contributed by atoms with van der Waals surface area (Å²) in [6, 6.07) is 6.21. The number of aliphatic hydroxyl groups excluding tert-OH is 1.